The summed E-state index contributed by atoms with van der Waals surface area (Å²) < 4.78 is 13.9. The maximum atomic E-state index is 13.9. The van der Waals surface area contributed by atoms with Crippen molar-refractivity contribution in [2.45, 2.75) is 25.8 Å². The quantitative estimate of drug-likeness (QED) is 0.592. The normalized spacial score (nSPS) is 20.8. The van der Waals surface area contributed by atoms with Crippen molar-refractivity contribution in [3.63, 3.8) is 0 Å². The van der Waals surface area contributed by atoms with Crippen LogP contribution in [-0.4, -0.2) is 19.6 Å². The molecule has 0 aliphatic carbocycles. The number of nitrogens with two attached hydrogens (primary N) is 1. The Labute approximate surface area is 176 Å². The van der Waals surface area contributed by atoms with Crippen LogP contribution in [0, 0.1) is 5.82 Å². The Kier molecular flexibility index (Phi) is 5.79. The average Bonchev–Trinajstić information content (AvgIpc) is 2.87. The molecule has 0 saturated heterocycles. The first kappa shape index (κ1) is 19.8. The summed E-state index contributed by atoms with van der Waals surface area (Å²) in [5, 5.41) is 10.7. The topological polar surface area (TPSA) is 62.1 Å². The predicted molar refractivity (Wildman–Crippen MR) is 119 cm³/mol. The molecule has 0 spiro atoms. The minimum Gasteiger partial charge on any atom is -0.401 e. The summed E-state index contributed by atoms with van der Waals surface area (Å²) in [5.41, 5.74) is 13.4. The molecule has 5 N–H and O–H groups in total. The summed E-state index contributed by atoms with van der Waals surface area (Å²) in [6.07, 6.45) is 4.09. The summed E-state index contributed by atoms with van der Waals surface area (Å²) in [6.45, 7) is 4.56. The zero-order chi connectivity index (χ0) is 20.4. The van der Waals surface area contributed by atoms with Gasteiger partial charge in [-0.25, -0.2) is 4.39 Å². The molecule has 0 saturated carbocycles. The molecule has 0 radical (unpaired) electrons. The second kappa shape index (κ2) is 8.47. The molecule has 2 aliphatic heterocycles. The van der Waals surface area contributed by atoms with Crippen LogP contribution >= 0.6 is 11.6 Å². The molecular weight excluding hydrogens is 387 g/mol. The van der Waals surface area contributed by atoms with Crippen molar-refractivity contribution in [3.8, 4) is 0 Å². The number of benzene rings is 2. The van der Waals surface area contributed by atoms with E-state index >= 15 is 0 Å². The molecule has 2 aromatic carbocycles. The highest BCUT2D eigenvalue weighted by molar-refractivity contribution is 6.30. The number of hydrogen-bond donors (Lipinski definition) is 4. The number of halogens is 2. The van der Waals surface area contributed by atoms with Gasteiger partial charge in [-0.05, 0) is 67.3 Å². The molecule has 1 unspecified atom stereocenters. The number of rotatable bonds is 3. The van der Waals surface area contributed by atoms with Gasteiger partial charge in [0, 0.05) is 35.1 Å². The van der Waals surface area contributed by atoms with Gasteiger partial charge in [-0.1, -0.05) is 29.8 Å². The van der Waals surface area contributed by atoms with Gasteiger partial charge in [-0.2, -0.15) is 0 Å². The van der Waals surface area contributed by atoms with E-state index in [2.05, 4.69) is 40.2 Å². The predicted octanol–water partition coefficient (Wildman–Crippen LogP) is 4.65. The van der Waals surface area contributed by atoms with E-state index < -0.39 is 0 Å². The zero-order valence-electron chi connectivity index (χ0n) is 16.5. The summed E-state index contributed by atoms with van der Waals surface area (Å²) in [7, 11) is 0. The Balaban J connectivity index is 1.77. The third-order valence-corrected chi connectivity index (χ3v) is 5.68. The van der Waals surface area contributed by atoms with E-state index in [0.717, 1.165) is 55.0 Å². The van der Waals surface area contributed by atoms with Gasteiger partial charge in [0.15, 0.2) is 0 Å². The number of anilines is 1. The van der Waals surface area contributed by atoms with Crippen LogP contribution in [-0.2, 0) is 0 Å². The lowest BCUT2D eigenvalue weighted by atomic mass is 9.91. The summed E-state index contributed by atoms with van der Waals surface area (Å²) in [6, 6.07) is 11.1. The van der Waals surface area contributed by atoms with Crippen LogP contribution in [0.3, 0.4) is 0 Å². The van der Waals surface area contributed by atoms with Crippen LogP contribution in [0.4, 0.5) is 10.1 Å². The maximum absolute atomic E-state index is 13.9. The van der Waals surface area contributed by atoms with E-state index in [1.807, 2.05) is 6.92 Å². The van der Waals surface area contributed by atoms with Crippen molar-refractivity contribution in [1.29, 1.82) is 0 Å². The van der Waals surface area contributed by atoms with Crippen LogP contribution < -0.4 is 21.7 Å². The van der Waals surface area contributed by atoms with E-state index in [9.17, 15) is 4.39 Å². The number of allylic oxidation sites excluding steroid dienone is 1. The van der Waals surface area contributed by atoms with Gasteiger partial charge in [-0.15, -0.1) is 0 Å². The average molecular weight is 413 g/mol. The van der Waals surface area contributed by atoms with Gasteiger partial charge in [0.05, 0.1) is 11.7 Å². The Hall–Kier alpha value is -2.50. The van der Waals surface area contributed by atoms with E-state index in [-0.39, 0.29) is 11.9 Å². The van der Waals surface area contributed by atoms with Gasteiger partial charge < -0.3 is 21.7 Å². The molecule has 0 aromatic heterocycles. The minimum atomic E-state index is -0.348. The third kappa shape index (κ3) is 4.41. The Morgan fingerprint density at radius 1 is 1.21 bits per heavy atom. The van der Waals surface area contributed by atoms with Gasteiger partial charge in [0.1, 0.15) is 5.82 Å². The highest BCUT2D eigenvalue weighted by Crippen LogP contribution is 2.35. The Morgan fingerprint density at radius 3 is 2.79 bits per heavy atom. The van der Waals surface area contributed by atoms with E-state index in [1.165, 1.54) is 23.3 Å². The fourth-order valence-corrected chi connectivity index (χ4v) is 4.32. The molecule has 6 heteroatoms. The van der Waals surface area contributed by atoms with Crippen LogP contribution in [0.5, 0.6) is 0 Å². The lowest BCUT2D eigenvalue weighted by Crippen LogP contribution is -2.20. The maximum Gasteiger partial charge on any atom is 0.126 e. The first-order valence-electron chi connectivity index (χ1n) is 9.98. The first-order chi connectivity index (χ1) is 14.0. The van der Waals surface area contributed by atoms with Crippen LogP contribution in [0.1, 0.15) is 42.5 Å². The van der Waals surface area contributed by atoms with Gasteiger partial charge in [0.25, 0.3) is 0 Å². The van der Waals surface area contributed by atoms with Crippen molar-refractivity contribution < 1.29 is 4.39 Å². The monoisotopic (exact) mass is 412 g/mol. The Bertz CT molecular complexity index is 959. The summed E-state index contributed by atoms with van der Waals surface area (Å²) >= 11 is 6.06. The molecule has 2 aliphatic rings. The lowest BCUT2D eigenvalue weighted by molar-refractivity contribution is 0.626. The van der Waals surface area contributed by atoms with Crippen molar-refractivity contribution in [1.82, 2.24) is 10.6 Å². The second-order valence-electron chi connectivity index (χ2n) is 7.61. The molecule has 2 aromatic rings. The largest absolute Gasteiger partial charge is 0.401 e. The van der Waals surface area contributed by atoms with Crippen LogP contribution in [0.2, 0.25) is 5.02 Å². The summed E-state index contributed by atoms with van der Waals surface area (Å²) in [5.74, 6) is -0.348. The van der Waals surface area contributed by atoms with Crippen molar-refractivity contribution in [2.24, 2.45) is 5.73 Å². The molecule has 29 heavy (non-hydrogen) atoms. The van der Waals surface area contributed by atoms with Gasteiger partial charge in [0.2, 0.25) is 0 Å². The molecule has 0 fully saturated rings. The number of hydrogen-bond acceptors (Lipinski definition) is 4. The molecule has 2 heterocycles. The molecule has 1 atom stereocenters. The van der Waals surface area contributed by atoms with Crippen molar-refractivity contribution >= 4 is 28.6 Å². The van der Waals surface area contributed by atoms with Gasteiger partial charge >= 0.3 is 0 Å². The fraction of sp³-hybridized carbons (Fsp3) is 0.304. The van der Waals surface area contributed by atoms with Crippen LogP contribution in [0.15, 0.2) is 48.2 Å². The SMILES string of the molecule is C/C(N)=C1/NCCC(Nc2cc(F)cc(Cl)c2)c2cc(C3=CCNCC3)ccc21. The van der Waals surface area contributed by atoms with Gasteiger partial charge in [-0.3, -0.25) is 0 Å². The third-order valence-electron chi connectivity index (χ3n) is 5.46. The standard InChI is InChI=1S/C23H26ClFN4/c1-14(26)23-20-3-2-16(15-4-7-27-8-5-15)10-21(20)22(6-9-28-23)29-19-12-17(24)11-18(25)13-19/h2-4,10-13,22,27-29H,5-9,26H2,1H3/b23-14-. The van der Waals surface area contributed by atoms with E-state index in [1.54, 1.807) is 6.07 Å². The van der Waals surface area contributed by atoms with Crippen molar-refractivity contribution in [2.75, 3.05) is 25.0 Å². The first-order valence-corrected chi connectivity index (χ1v) is 10.4. The van der Waals surface area contributed by atoms with Crippen LogP contribution in [0.25, 0.3) is 11.3 Å². The number of nitrogens with one attached hydrogen (secondary N) is 3. The molecule has 152 valence electrons. The second-order valence-corrected chi connectivity index (χ2v) is 8.05. The lowest BCUT2D eigenvalue weighted by Gasteiger charge is -2.23. The molecular formula is C23H26ClFN4. The zero-order valence-corrected chi connectivity index (χ0v) is 17.2. The van der Waals surface area contributed by atoms with E-state index in [4.69, 9.17) is 17.3 Å². The highest BCUT2D eigenvalue weighted by atomic mass is 35.5. The molecule has 0 amide bonds. The molecule has 0 bridgehead atoms. The van der Waals surface area contributed by atoms with E-state index in [0.29, 0.717) is 10.7 Å². The summed E-state index contributed by atoms with van der Waals surface area (Å²) in [4.78, 5) is 0. The smallest absolute Gasteiger partial charge is 0.126 e. The minimum absolute atomic E-state index is 0.00878. The van der Waals surface area contributed by atoms with Crippen molar-refractivity contribution in [3.05, 3.63) is 75.7 Å². The fourth-order valence-electron chi connectivity index (χ4n) is 4.10. The Morgan fingerprint density at radius 2 is 2.07 bits per heavy atom. The highest BCUT2D eigenvalue weighted by Gasteiger charge is 2.23. The molecule has 4 rings (SSSR count). The number of fused-ring (bicyclic) bond motifs is 1. The molecule has 4 nitrogen and oxygen atoms in total.